The van der Waals surface area contributed by atoms with E-state index >= 15 is 0 Å². The summed E-state index contributed by atoms with van der Waals surface area (Å²) in [5.74, 6) is 1.60. The minimum atomic E-state index is -0.0247. The summed E-state index contributed by atoms with van der Waals surface area (Å²) < 4.78 is 3.99. The summed E-state index contributed by atoms with van der Waals surface area (Å²) in [6.07, 6.45) is 12.1. The van der Waals surface area contributed by atoms with Gasteiger partial charge >= 0.3 is 0 Å². The van der Waals surface area contributed by atoms with E-state index in [0.29, 0.717) is 18.0 Å². The van der Waals surface area contributed by atoms with Crippen molar-refractivity contribution in [1.82, 2.24) is 28.8 Å². The zero-order chi connectivity index (χ0) is 16.5. The van der Waals surface area contributed by atoms with E-state index in [1.807, 2.05) is 29.6 Å². The molecule has 1 atom stereocenters. The molecule has 0 saturated carbocycles. The highest BCUT2D eigenvalue weighted by Gasteiger charge is 2.27. The van der Waals surface area contributed by atoms with Crippen molar-refractivity contribution in [3.8, 4) is 0 Å². The molecule has 4 heterocycles. The molecule has 4 rings (SSSR count). The lowest BCUT2D eigenvalue weighted by Gasteiger charge is -2.33. The molecule has 0 spiro atoms. The molecule has 1 saturated heterocycles. The molecule has 1 aliphatic heterocycles. The van der Waals surface area contributed by atoms with Gasteiger partial charge in [-0.3, -0.25) is 9.20 Å². The molecule has 0 N–H and O–H groups in total. The van der Waals surface area contributed by atoms with E-state index in [2.05, 4.69) is 26.4 Å². The lowest BCUT2D eigenvalue weighted by molar-refractivity contribution is 0.0672. The van der Waals surface area contributed by atoms with Crippen LogP contribution in [0.1, 0.15) is 42.1 Å². The van der Waals surface area contributed by atoms with Crippen LogP contribution in [-0.4, -0.2) is 47.8 Å². The van der Waals surface area contributed by atoms with Crippen molar-refractivity contribution in [3.63, 3.8) is 0 Å². The molecule has 7 heteroatoms. The fourth-order valence-corrected chi connectivity index (χ4v) is 3.41. The number of aryl methyl sites for hydroxylation is 1. The Kier molecular flexibility index (Phi) is 3.76. The summed E-state index contributed by atoms with van der Waals surface area (Å²) in [7, 11) is 0. The smallest absolute Gasteiger partial charge is 0.274 e. The van der Waals surface area contributed by atoms with Crippen LogP contribution >= 0.6 is 0 Å². The van der Waals surface area contributed by atoms with Gasteiger partial charge in [-0.2, -0.15) is 0 Å². The molecule has 3 aromatic heterocycles. The normalized spacial score (nSPS) is 18.2. The first-order chi connectivity index (χ1) is 11.8. The van der Waals surface area contributed by atoms with Crippen LogP contribution in [0.15, 0.2) is 37.1 Å². The predicted molar refractivity (Wildman–Crippen MR) is 88.8 cm³/mol. The molecule has 24 heavy (non-hydrogen) atoms. The topological polar surface area (TPSA) is 68.3 Å². The molecule has 1 aliphatic rings. The summed E-state index contributed by atoms with van der Waals surface area (Å²) in [6, 6.07) is 2.11. The third-order valence-electron chi connectivity index (χ3n) is 4.60. The molecule has 0 aromatic carbocycles. The number of carbonyl (C=O) groups is 1. The molecular weight excluding hydrogens is 304 g/mol. The first-order valence-electron chi connectivity index (χ1n) is 8.37. The third kappa shape index (κ3) is 2.55. The number of aromatic nitrogens is 5. The Morgan fingerprint density at radius 1 is 1.29 bits per heavy atom. The number of imidazole rings is 2. The van der Waals surface area contributed by atoms with Crippen molar-refractivity contribution < 1.29 is 4.79 Å². The van der Waals surface area contributed by atoms with E-state index in [-0.39, 0.29) is 11.9 Å². The molecule has 0 aliphatic carbocycles. The second kappa shape index (κ2) is 6.07. The van der Waals surface area contributed by atoms with Gasteiger partial charge in [0.05, 0.1) is 6.04 Å². The molecule has 3 aromatic rings. The van der Waals surface area contributed by atoms with E-state index in [1.54, 1.807) is 16.8 Å². The maximum atomic E-state index is 12.8. The third-order valence-corrected chi connectivity index (χ3v) is 4.60. The number of carbonyl (C=O) groups excluding carboxylic acids is 1. The number of hydrogen-bond donors (Lipinski definition) is 0. The lowest BCUT2D eigenvalue weighted by Crippen LogP contribution is -2.41. The van der Waals surface area contributed by atoms with Crippen LogP contribution in [-0.2, 0) is 6.42 Å². The van der Waals surface area contributed by atoms with Gasteiger partial charge in [0, 0.05) is 50.5 Å². The van der Waals surface area contributed by atoms with Crippen molar-refractivity contribution in [3.05, 3.63) is 48.6 Å². The van der Waals surface area contributed by atoms with Crippen molar-refractivity contribution in [2.75, 3.05) is 13.1 Å². The molecular formula is C17H20N6O. The van der Waals surface area contributed by atoms with Crippen LogP contribution in [0, 0.1) is 0 Å². The average molecular weight is 324 g/mol. The van der Waals surface area contributed by atoms with Crippen LogP contribution in [0.3, 0.4) is 0 Å². The summed E-state index contributed by atoms with van der Waals surface area (Å²) in [4.78, 5) is 27.7. The Bertz CT molecular complexity index is 834. The van der Waals surface area contributed by atoms with Gasteiger partial charge in [0.2, 0.25) is 5.78 Å². The Morgan fingerprint density at radius 2 is 2.21 bits per heavy atom. The predicted octanol–water partition coefficient (Wildman–Crippen LogP) is 1.97. The zero-order valence-electron chi connectivity index (χ0n) is 13.7. The summed E-state index contributed by atoms with van der Waals surface area (Å²) >= 11 is 0. The number of hydrogen-bond acceptors (Lipinski definition) is 4. The number of amides is 1. The summed E-state index contributed by atoms with van der Waals surface area (Å²) in [5.41, 5.74) is 0.454. The first-order valence-corrected chi connectivity index (χ1v) is 8.37. The number of piperidine rings is 1. The maximum absolute atomic E-state index is 12.8. The zero-order valence-corrected chi connectivity index (χ0v) is 13.7. The number of likely N-dealkylation sites (tertiary alicyclic amines) is 1. The minimum Gasteiger partial charge on any atom is -0.335 e. The van der Waals surface area contributed by atoms with E-state index in [0.717, 1.165) is 31.6 Å². The van der Waals surface area contributed by atoms with Crippen LogP contribution in [0.4, 0.5) is 0 Å². The molecule has 0 unspecified atom stereocenters. The fourth-order valence-electron chi connectivity index (χ4n) is 3.41. The molecule has 1 amide bonds. The maximum Gasteiger partial charge on any atom is 0.274 e. The quantitative estimate of drug-likeness (QED) is 0.738. The highest BCUT2D eigenvalue weighted by Crippen LogP contribution is 2.24. The van der Waals surface area contributed by atoms with Crippen molar-refractivity contribution in [2.45, 2.75) is 32.2 Å². The van der Waals surface area contributed by atoms with Gasteiger partial charge in [0.1, 0.15) is 11.5 Å². The second-order valence-electron chi connectivity index (χ2n) is 6.10. The molecule has 0 bridgehead atoms. The molecule has 1 fully saturated rings. The van der Waals surface area contributed by atoms with Gasteiger partial charge in [-0.25, -0.2) is 15.0 Å². The van der Waals surface area contributed by atoms with E-state index in [9.17, 15) is 4.79 Å². The Labute approximate surface area is 140 Å². The summed E-state index contributed by atoms with van der Waals surface area (Å²) in [5, 5.41) is 0. The van der Waals surface area contributed by atoms with Gasteiger partial charge in [-0.15, -0.1) is 0 Å². The van der Waals surface area contributed by atoms with E-state index < -0.39 is 0 Å². The minimum absolute atomic E-state index is 0.0247. The van der Waals surface area contributed by atoms with Crippen LogP contribution < -0.4 is 0 Å². The molecule has 124 valence electrons. The first kappa shape index (κ1) is 14.9. The Hall–Kier alpha value is -2.70. The summed E-state index contributed by atoms with van der Waals surface area (Å²) in [6.45, 7) is 3.57. The largest absolute Gasteiger partial charge is 0.335 e. The SMILES string of the molecule is CCc1nccn1[C@@H]1CCCN(C(=O)c2cn3cccnc3n2)C1. The van der Waals surface area contributed by atoms with Crippen molar-refractivity contribution >= 4 is 11.7 Å². The highest BCUT2D eigenvalue weighted by atomic mass is 16.2. The van der Waals surface area contributed by atoms with Crippen LogP contribution in [0.25, 0.3) is 5.78 Å². The monoisotopic (exact) mass is 324 g/mol. The van der Waals surface area contributed by atoms with Crippen LogP contribution in [0.2, 0.25) is 0 Å². The molecule has 0 radical (unpaired) electrons. The van der Waals surface area contributed by atoms with Gasteiger partial charge in [-0.1, -0.05) is 6.92 Å². The Balaban J connectivity index is 1.56. The van der Waals surface area contributed by atoms with Gasteiger partial charge in [0.15, 0.2) is 0 Å². The van der Waals surface area contributed by atoms with Gasteiger partial charge in [0.25, 0.3) is 5.91 Å². The standard InChI is InChI=1S/C17H20N6O/c1-2-15-18-7-10-23(15)13-5-3-8-21(11-13)16(24)14-12-22-9-4-6-19-17(22)20-14/h4,6-7,9-10,12-13H,2-3,5,8,11H2,1H3/t13-/m1/s1. The van der Waals surface area contributed by atoms with Crippen molar-refractivity contribution in [2.24, 2.45) is 0 Å². The highest BCUT2D eigenvalue weighted by molar-refractivity contribution is 5.92. The van der Waals surface area contributed by atoms with Crippen LogP contribution in [0.5, 0.6) is 0 Å². The molecule has 7 nitrogen and oxygen atoms in total. The van der Waals surface area contributed by atoms with Gasteiger partial charge in [-0.05, 0) is 18.9 Å². The average Bonchev–Trinajstić information content (AvgIpc) is 3.27. The number of rotatable bonds is 3. The fraction of sp³-hybridized carbons (Fsp3) is 0.412. The van der Waals surface area contributed by atoms with Crippen molar-refractivity contribution in [1.29, 1.82) is 0 Å². The van der Waals surface area contributed by atoms with E-state index in [4.69, 9.17) is 0 Å². The van der Waals surface area contributed by atoms with Gasteiger partial charge < -0.3 is 9.47 Å². The lowest BCUT2D eigenvalue weighted by atomic mass is 10.0. The second-order valence-corrected chi connectivity index (χ2v) is 6.10. The Morgan fingerprint density at radius 3 is 3.04 bits per heavy atom. The number of fused-ring (bicyclic) bond motifs is 1. The number of nitrogens with zero attached hydrogens (tertiary/aromatic N) is 6. The van der Waals surface area contributed by atoms with E-state index in [1.165, 1.54) is 0 Å².